The summed E-state index contributed by atoms with van der Waals surface area (Å²) in [5.41, 5.74) is -1.26. The molecule has 0 unspecified atom stereocenters. The minimum absolute atomic E-state index is 0.455. The van der Waals surface area contributed by atoms with Crippen molar-refractivity contribution in [2.45, 2.75) is 5.97 Å². The second-order valence-electron chi connectivity index (χ2n) is 2.81. The molecule has 3 aliphatic heterocycles. The van der Waals surface area contributed by atoms with Gasteiger partial charge in [-0.15, -0.1) is 0 Å². The first-order chi connectivity index (χ1) is 5.72. The van der Waals surface area contributed by atoms with Crippen molar-refractivity contribution in [3.05, 3.63) is 0 Å². The van der Waals surface area contributed by atoms with E-state index in [0.29, 0.717) is 0 Å². The fourth-order valence-electron chi connectivity index (χ4n) is 1.05. The highest BCUT2D eigenvalue weighted by atomic mass is 31.2. The van der Waals surface area contributed by atoms with Crippen LogP contribution in [0.25, 0.3) is 0 Å². The predicted molar refractivity (Wildman–Crippen MR) is 36.6 cm³/mol. The first-order valence-electron chi connectivity index (χ1n) is 3.42. The fourth-order valence-corrected chi connectivity index (χ4v) is 2.26. The predicted octanol–water partition coefficient (Wildman–Crippen LogP) is -1.09. The van der Waals surface area contributed by atoms with Gasteiger partial charge in [0, 0.05) is 0 Å². The van der Waals surface area contributed by atoms with Crippen molar-refractivity contribution in [1.82, 2.24) is 0 Å². The fraction of sp³-hybridized carbons (Fsp3) is 1.00. The van der Waals surface area contributed by atoms with E-state index in [2.05, 4.69) is 0 Å². The van der Waals surface area contributed by atoms with E-state index in [-0.39, 0.29) is 0 Å². The lowest BCUT2D eigenvalue weighted by Gasteiger charge is -2.62. The highest BCUT2D eigenvalue weighted by Gasteiger charge is 2.76. The first-order valence-corrected chi connectivity index (χ1v) is 4.51. The van der Waals surface area contributed by atoms with Crippen LogP contribution in [0.4, 0.5) is 0 Å². The Bertz CT molecular complexity index is 167. The molecule has 3 N–H and O–H groups in total. The van der Waals surface area contributed by atoms with E-state index in [1.807, 2.05) is 0 Å². The minimum atomic E-state index is -1.39. The second-order valence-corrected chi connectivity index (χ2v) is 3.80. The molecule has 0 atom stereocenters. The van der Waals surface area contributed by atoms with Gasteiger partial charge in [0.2, 0.25) is 0 Å². The van der Waals surface area contributed by atoms with Gasteiger partial charge < -0.3 is 15.3 Å². The quantitative estimate of drug-likeness (QED) is 0.495. The van der Waals surface area contributed by atoms with Crippen LogP contribution in [-0.4, -0.2) is 41.1 Å². The van der Waals surface area contributed by atoms with Crippen molar-refractivity contribution in [2.24, 2.45) is 5.41 Å². The summed E-state index contributed by atoms with van der Waals surface area (Å²) in [4.78, 5) is 0. The van der Waals surface area contributed by atoms with Gasteiger partial charge in [-0.25, -0.2) is 0 Å². The zero-order valence-electron chi connectivity index (χ0n) is 6.13. The molecular weight excluding hydrogens is 187 g/mol. The molecule has 3 fully saturated rings. The average molecular weight is 196 g/mol. The molecule has 2 bridgehead atoms. The van der Waals surface area contributed by atoms with Gasteiger partial charge in [0.25, 0.3) is 0 Å². The summed E-state index contributed by atoms with van der Waals surface area (Å²) in [7, 11) is -1.24. The number of aliphatic hydroxyl groups excluding tert-OH is 3. The molecule has 12 heavy (non-hydrogen) atoms. The second kappa shape index (κ2) is 2.59. The Hall–Kier alpha value is 0.190. The maximum Gasteiger partial charge on any atom is 0.346 e. The first kappa shape index (κ1) is 8.77. The normalized spacial score (nSPS) is 38.8. The van der Waals surface area contributed by atoms with Crippen LogP contribution in [0.3, 0.4) is 0 Å². The molecule has 3 heterocycles. The van der Waals surface area contributed by atoms with Gasteiger partial charge in [0.05, 0.1) is 19.8 Å². The molecule has 70 valence electrons. The van der Waals surface area contributed by atoms with Crippen LogP contribution >= 0.6 is 8.60 Å². The number of hydrogen-bond acceptors (Lipinski definition) is 6. The minimum Gasteiger partial charge on any atom is -0.395 e. The highest BCUT2D eigenvalue weighted by Crippen LogP contribution is 2.77. The summed E-state index contributed by atoms with van der Waals surface area (Å²) in [6.07, 6.45) is 0. The third kappa shape index (κ3) is 0.781. The molecule has 0 aromatic carbocycles. The highest BCUT2D eigenvalue weighted by molar-refractivity contribution is 7.45. The maximum absolute atomic E-state index is 8.95. The molecule has 0 saturated carbocycles. The molecule has 7 heteroatoms. The van der Waals surface area contributed by atoms with Crippen LogP contribution in [0.1, 0.15) is 0 Å². The molecule has 3 aliphatic rings. The Labute approximate surface area is 69.7 Å². The number of hydrogen-bond donors (Lipinski definition) is 3. The van der Waals surface area contributed by atoms with Gasteiger partial charge in [-0.3, -0.25) is 13.6 Å². The van der Waals surface area contributed by atoms with Crippen LogP contribution in [0.15, 0.2) is 0 Å². The molecule has 0 aromatic heterocycles. The topological polar surface area (TPSA) is 88.4 Å². The lowest BCUT2D eigenvalue weighted by Crippen LogP contribution is -2.69. The lowest BCUT2D eigenvalue weighted by molar-refractivity contribution is -0.469. The van der Waals surface area contributed by atoms with Gasteiger partial charge in [-0.05, 0) is 0 Å². The van der Waals surface area contributed by atoms with E-state index >= 15 is 0 Å². The molecule has 3 rings (SSSR count). The van der Waals surface area contributed by atoms with E-state index in [0.717, 1.165) is 0 Å². The summed E-state index contributed by atoms with van der Waals surface area (Å²) in [5.74, 6) is -1.39. The van der Waals surface area contributed by atoms with Crippen molar-refractivity contribution in [2.75, 3.05) is 19.8 Å². The Balaban J connectivity index is 2.14. The third-order valence-corrected chi connectivity index (χ3v) is 3.31. The Morgan fingerprint density at radius 1 is 1.00 bits per heavy atom. The Morgan fingerprint density at radius 3 is 1.50 bits per heavy atom. The maximum atomic E-state index is 8.95. The van der Waals surface area contributed by atoms with Crippen molar-refractivity contribution in [1.29, 1.82) is 0 Å². The van der Waals surface area contributed by atoms with E-state index in [9.17, 15) is 0 Å². The molecule has 6 nitrogen and oxygen atoms in total. The van der Waals surface area contributed by atoms with Crippen LogP contribution in [0, 0.1) is 5.41 Å². The van der Waals surface area contributed by atoms with Crippen molar-refractivity contribution in [3.63, 3.8) is 0 Å². The Kier molecular flexibility index (Phi) is 1.89. The smallest absolute Gasteiger partial charge is 0.346 e. The summed E-state index contributed by atoms with van der Waals surface area (Å²) < 4.78 is 15.0. The zero-order valence-corrected chi connectivity index (χ0v) is 7.03. The van der Waals surface area contributed by atoms with Crippen LogP contribution in [-0.2, 0) is 13.6 Å². The Morgan fingerprint density at radius 2 is 1.42 bits per heavy atom. The molecule has 0 aliphatic carbocycles. The van der Waals surface area contributed by atoms with Crippen LogP contribution in [0.5, 0.6) is 0 Å². The van der Waals surface area contributed by atoms with Gasteiger partial charge in [-0.1, -0.05) is 0 Å². The lowest BCUT2D eigenvalue weighted by atomic mass is 9.88. The van der Waals surface area contributed by atoms with E-state index in [1.165, 1.54) is 0 Å². The van der Waals surface area contributed by atoms with Crippen LogP contribution < -0.4 is 0 Å². The molecule has 3 saturated heterocycles. The molecule has 0 radical (unpaired) electrons. The summed E-state index contributed by atoms with van der Waals surface area (Å²) in [6.45, 7) is -1.37. The number of aliphatic hydroxyl groups is 3. The van der Waals surface area contributed by atoms with Crippen molar-refractivity contribution in [3.8, 4) is 0 Å². The standard InChI is InChI=1S/C5H9O6P/c6-1-4(2-7,3-8)5-9-12(10-5)11-5/h6-8H,1-3H2. The van der Waals surface area contributed by atoms with Gasteiger partial charge in [-0.2, -0.15) is 0 Å². The van der Waals surface area contributed by atoms with E-state index in [1.54, 1.807) is 0 Å². The molecular formula is C5H9O6P. The zero-order chi connectivity index (χ0) is 8.82. The van der Waals surface area contributed by atoms with E-state index in [4.69, 9.17) is 28.9 Å². The van der Waals surface area contributed by atoms with Gasteiger partial charge in [0.15, 0.2) is 0 Å². The molecule has 0 spiro atoms. The third-order valence-electron chi connectivity index (χ3n) is 2.14. The summed E-state index contributed by atoms with van der Waals surface area (Å²) >= 11 is 0. The largest absolute Gasteiger partial charge is 0.395 e. The summed E-state index contributed by atoms with van der Waals surface area (Å²) in [6, 6.07) is 0. The van der Waals surface area contributed by atoms with Gasteiger partial charge >= 0.3 is 14.6 Å². The van der Waals surface area contributed by atoms with Crippen LogP contribution in [0.2, 0.25) is 0 Å². The SMILES string of the molecule is OCC(CO)(CO)C12OP(O1)O2. The summed E-state index contributed by atoms with van der Waals surface area (Å²) in [5, 5.41) is 26.8. The average Bonchev–Trinajstić information content (AvgIpc) is 1.94. The molecule has 0 amide bonds. The van der Waals surface area contributed by atoms with E-state index < -0.39 is 39.8 Å². The van der Waals surface area contributed by atoms with Crippen molar-refractivity contribution < 1.29 is 28.9 Å². The molecule has 0 aromatic rings. The van der Waals surface area contributed by atoms with Gasteiger partial charge in [0.1, 0.15) is 5.41 Å². The van der Waals surface area contributed by atoms with Crippen molar-refractivity contribution >= 4 is 8.60 Å². The number of rotatable bonds is 4. The monoisotopic (exact) mass is 196 g/mol.